The van der Waals surface area contributed by atoms with Crippen molar-refractivity contribution in [2.24, 2.45) is 5.73 Å². The van der Waals surface area contributed by atoms with Crippen LogP contribution < -0.4 is 20.5 Å². The van der Waals surface area contributed by atoms with Gasteiger partial charge in [-0.15, -0.1) is 0 Å². The van der Waals surface area contributed by atoms with Gasteiger partial charge in [0.05, 0.1) is 6.42 Å². The maximum atomic E-state index is 11.5. The molecule has 5 heteroatoms. The molecule has 0 saturated heterocycles. The van der Waals surface area contributed by atoms with Crippen LogP contribution in [0.1, 0.15) is 5.56 Å². The molecule has 0 aliphatic carbocycles. The molecule has 1 aromatic rings. The molecule has 0 atom stereocenters. The smallest absolute Gasteiger partial charge is 0.224 e. The van der Waals surface area contributed by atoms with Crippen LogP contribution in [-0.4, -0.2) is 32.2 Å². The number of carbonyl (C=O) groups excluding carboxylic acids is 1. The normalized spacial score (nSPS) is 13.2. The molecule has 92 valence electrons. The lowest BCUT2D eigenvalue weighted by Gasteiger charge is -2.18. The minimum atomic E-state index is -0.0351. The zero-order valence-corrected chi connectivity index (χ0v) is 9.57. The SMILES string of the molecule is NCCNC(=O)Cc1ccc2c(c1)OCCO2. The van der Waals surface area contributed by atoms with Crippen molar-refractivity contribution in [3.05, 3.63) is 23.8 Å². The number of nitrogens with one attached hydrogen (secondary N) is 1. The Kier molecular flexibility index (Phi) is 3.82. The zero-order valence-electron chi connectivity index (χ0n) is 9.57. The summed E-state index contributed by atoms with van der Waals surface area (Å²) in [4.78, 5) is 11.5. The molecular weight excluding hydrogens is 220 g/mol. The second-order valence-electron chi connectivity index (χ2n) is 3.79. The molecule has 0 radical (unpaired) electrons. The third-order valence-electron chi connectivity index (χ3n) is 2.44. The third-order valence-corrected chi connectivity index (χ3v) is 2.44. The van der Waals surface area contributed by atoms with E-state index in [1.165, 1.54) is 0 Å². The molecule has 17 heavy (non-hydrogen) atoms. The van der Waals surface area contributed by atoms with Crippen LogP contribution in [0, 0.1) is 0 Å². The van der Waals surface area contributed by atoms with Crippen LogP contribution in [-0.2, 0) is 11.2 Å². The number of benzene rings is 1. The van der Waals surface area contributed by atoms with Crippen LogP contribution in [0.25, 0.3) is 0 Å². The van der Waals surface area contributed by atoms with Gasteiger partial charge in [-0.2, -0.15) is 0 Å². The predicted molar refractivity (Wildman–Crippen MR) is 63.2 cm³/mol. The van der Waals surface area contributed by atoms with E-state index in [0.29, 0.717) is 38.5 Å². The second-order valence-corrected chi connectivity index (χ2v) is 3.79. The Morgan fingerprint density at radius 1 is 1.29 bits per heavy atom. The van der Waals surface area contributed by atoms with Crippen molar-refractivity contribution in [2.75, 3.05) is 26.3 Å². The Hall–Kier alpha value is -1.75. The van der Waals surface area contributed by atoms with E-state index in [1.807, 2.05) is 18.2 Å². The fraction of sp³-hybridized carbons (Fsp3) is 0.417. The van der Waals surface area contributed by atoms with Gasteiger partial charge in [0, 0.05) is 13.1 Å². The van der Waals surface area contributed by atoms with E-state index in [1.54, 1.807) is 0 Å². The molecule has 0 spiro atoms. The Labute approximate surface area is 99.9 Å². The second kappa shape index (κ2) is 5.54. The molecule has 2 rings (SSSR count). The molecule has 1 aliphatic heterocycles. The number of ether oxygens (including phenoxy) is 2. The highest BCUT2D eigenvalue weighted by Crippen LogP contribution is 2.30. The summed E-state index contributed by atoms with van der Waals surface area (Å²) in [6.07, 6.45) is 0.330. The first-order chi connectivity index (χ1) is 8.29. The summed E-state index contributed by atoms with van der Waals surface area (Å²) in [5.74, 6) is 1.41. The molecule has 1 heterocycles. The van der Waals surface area contributed by atoms with E-state index in [9.17, 15) is 4.79 Å². The molecule has 0 aromatic heterocycles. The van der Waals surface area contributed by atoms with Crippen molar-refractivity contribution in [3.8, 4) is 11.5 Å². The standard InChI is InChI=1S/C12H16N2O3/c13-3-4-14-12(15)8-9-1-2-10-11(7-9)17-6-5-16-10/h1-2,7H,3-6,8,13H2,(H,14,15). The average molecular weight is 236 g/mol. The fourth-order valence-corrected chi connectivity index (χ4v) is 1.66. The van der Waals surface area contributed by atoms with Crippen molar-refractivity contribution in [1.82, 2.24) is 5.32 Å². The van der Waals surface area contributed by atoms with Gasteiger partial charge in [-0.05, 0) is 17.7 Å². The van der Waals surface area contributed by atoms with E-state index in [0.717, 1.165) is 11.3 Å². The first-order valence-corrected chi connectivity index (χ1v) is 5.65. The minimum absolute atomic E-state index is 0.0351. The lowest BCUT2D eigenvalue weighted by Crippen LogP contribution is -2.30. The van der Waals surface area contributed by atoms with Gasteiger partial charge >= 0.3 is 0 Å². The first kappa shape index (κ1) is 11.7. The van der Waals surface area contributed by atoms with Gasteiger partial charge in [0.15, 0.2) is 11.5 Å². The van der Waals surface area contributed by atoms with E-state index in [2.05, 4.69) is 5.32 Å². The Balaban J connectivity index is 1.99. The van der Waals surface area contributed by atoms with Crippen LogP contribution in [0.2, 0.25) is 0 Å². The van der Waals surface area contributed by atoms with Crippen molar-refractivity contribution >= 4 is 5.91 Å². The fourth-order valence-electron chi connectivity index (χ4n) is 1.66. The molecule has 1 aliphatic rings. The summed E-state index contributed by atoms with van der Waals surface area (Å²) in [7, 11) is 0. The molecule has 0 saturated carbocycles. The Morgan fingerprint density at radius 3 is 2.82 bits per heavy atom. The summed E-state index contributed by atoms with van der Waals surface area (Å²) < 4.78 is 10.9. The van der Waals surface area contributed by atoms with Gasteiger partial charge in [-0.1, -0.05) is 6.07 Å². The highest BCUT2D eigenvalue weighted by Gasteiger charge is 2.12. The lowest BCUT2D eigenvalue weighted by molar-refractivity contribution is -0.120. The number of hydrogen-bond acceptors (Lipinski definition) is 4. The van der Waals surface area contributed by atoms with Crippen LogP contribution >= 0.6 is 0 Å². The van der Waals surface area contributed by atoms with E-state index < -0.39 is 0 Å². The van der Waals surface area contributed by atoms with Crippen molar-refractivity contribution in [1.29, 1.82) is 0 Å². The van der Waals surface area contributed by atoms with Crippen molar-refractivity contribution < 1.29 is 14.3 Å². The number of amides is 1. The Bertz CT molecular complexity index is 407. The molecular formula is C12H16N2O3. The number of carbonyl (C=O) groups is 1. The summed E-state index contributed by atoms with van der Waals surface area (Å²) in [5, 5.41) is 2.72. The maximum Gasteiger partial charge on any atom is 0.224 e. The molecule has 1 aromatic carbocycles. The van der Waals surface area contributed by atoms with E-state index in [4.69, 9.17) is 15.2 Å². The lowest BCUT2D eigenvalue weighted by atomic mass is 10.1. The highest BCUT2D eigenvalue weighted by molar-refractivity contribution is 5.78. The number of fused-ring (bicyclic) bond motifs is 1. The molecule has 0 fully saturated rings. The quantitative estimate of drug-likeness (QED) is 0.776. The minimum Gasteiger partial charge on any atom is -0.486 e. The van der Waals surface area contributed by atoms with Gasteiger partial charge in [0.1, 0.15) is 13.2 Å². The largest absolute Gasteiger partial charge is 0.486 e. The number of hydrogen-bond donors (Lipinski definition) is 2. The van der Waals surface area contributed by atoms with Crippen LogP contribution in [0.3, 0.4) is 0 Å². The third kappa shape index (κ3) is 3.10. The maximum absolute atomic E-state index is 11.5. The highest BCUT2D eigenvalue weighted by atomic mass is 16.6. The van der Waals surface area contributed by atoms with E-state index >= 15 is 0 Å². The molecule has 5 nitrogen and oxygen atoms in total. The number of rotatable bonds is 4. The molecule has 0 unspecified atom stereocenters. The van der Waals surface area contributed by atoms with Gasteiger partial charge in [-0.3, -0.25) is 4.79 Å². The van der Waals surface area contributed by atoms with Crippen LogP contribution in [0.15, 0.2) is 18.2 Å². The molecule has 0 bridgehead atoms. The van der Waals surface area contributed by atoms with Crippen molar-refractivity contribution in [2.45, 2.75) is 6.42 Å². The first-order valence-electron chi connectivity index (χ1n) is 5.65. The van der Waals surface area contributed by atoms with Crippen LogP contribution in [0.5, 0.6) is 11.5 Å². The van der Waals surface area contributed by atoms with E-state index in [-0.39, 0.29) is 5.91 Å². The van der Waals surface area contributed by atoms with Gasteiger partial charge in [0.25, 0.3) is 0 Å². The summed E-state index contributed by atoms with van der Waals surface area (Å²) in [5.41, 5.74) is 6.22. The zero-order chi connectivity index (χ0) is 12.1. The summed E-state index contributed by atoms with van der Waals surface area (Å²) in [6.45, 7) is 2.08. The monoisotopic (exact) mass is 236 g/mol. The summed E-state index contributed by atoms with van der Waals surface area (Å²) in [6, 6.07) is 5.55. The van der Waals surface area contributed by atoms with Crippen LogP contribution in [0.4, 0.5) is 0 Å². The number of nitrogens with two attached hydrogens (primary N) is 1. The van der Waals surface area contributed by atoms with Gasteiger partial charge in [-0.25, -0.2) is 0 Å². The molecule has 1 amide bonds. The Morgan fingerprint density at radius 2 is 2.06 bits per heavy atom. The predicted octanol–water partition coefficient (Wildman–Crippen LogP) is 0.0752. The topological polar surface area (TPSA) is 73.6 Å². The van der Waals surface area contributed by atoms with Gasteiger partial charge < -0.3 is 20.5 Å². The molecule has 3 N–H and O–H groups in total. The summed E-state index contributed by atoms with van der Waals surface area (Å²) >= 11 is 0. The van der Waals surface area contributed by atoms with Crippen molar-refractivity contribution in [3.63, 3.8) is 0 Å². The average Bonchev–Trinajstić information content (AvgIpc) is 2.36. The van der Waals surface area contributed by atoms with Gasteiger partial charge in [0.2, 0.25) is 5.91 Å².